The van der Waals surface area contributed by atoms with Crippen molar-refractivity contribution in [3.05, 3.63) is 65.9 Å². The van der Waals surface area contributed by atoms with Gasteiger partial charge < -0.3 is 19.7 Å². The number of aromatic nitrogens is 1. The Kier molecular flexibility index (Phi) is 4.70. The Morgan fingerprint density at radius 1 is 1.15 bits per heavy atom. The van der Waals surface area contributed by atoms with Crippen LogP contribution in [0.2, 0.25) is 0 Å². The van der Waals surface area contributed by atoms with Gasteiger partial charge >= 0.3 is 0 Å². The number of nitrogens with zero attached hydrogens (tertiary/aromatic N) is 1. The molecule has 2 atom stereocenters. The minimum Gasteiger partial charge on any atom is -0.376 e. The lowest BCUT2D eigenvalue weighted by Gasteiger charge is -2.35. The maximum atomic E-state index is 10.8. The highest BCUT2D eigenvalue weighted by molar-refractivity contribution is 5.81. The van der Waals surface area contributed by atoms with E-state index in [9.17, 15) is 5.11 Å². The van der Waals surface area contributed by atoms with E-state index in [1.807, 2.05) is 42.3 Å². The van der Waals surface area contributed by atoms with Gasteiger partial charge in [-0.05, 0) is 68.5 Å². The van der Waals surface area contributed by atoms with Crippen molar-refractivity contribution in [3.8, 4) is 0 Å². The average Bonchev–Trinajstić information content (AvgIpc) is 3.10. The van der Waals surface area contributed by atoms with Gasteiger partial charge in [0.25, 0.3) is 0 Å². The fourth-order valence-electron chi connectivity index (χ4n) is 4.10. The normalized spacial score (nSPS) is 20.5. The van der Waals surface area contributed by atoms with Gasteiger partial charge in [-0.25, -0.2) is 0 Å². The quantitative estimate of drug-likeness (QED) is 0.643. The first-order valence-electron chi connectivity index (χ1n) is 9.65. The molecule has 0 bridgehead atoms. The third-order valence-electron chi connectivity index (χ3n) is 5.64. The van der Waals surface area contributed by atoms with Gasteiger partial charge in [0.15, 0.2) is 6.23 Å². The van der Waals surface area contributed by atoms with Crippen molar-refractivity contribution in [2.24, 2.45) is 0 Å². The first kappa shape index (κ1) is 18.1. The van der Waals surface area contributed by atoms with Crippen LogP contribution in [0.5, 0.6) is 0 Å². The molecule has 4 nitrogen and oxygen atoms in total. The van der Waals surface area contributed by atoms with Crippen LogP contribution in [0.1, 0.15) is 50.1 Å². The summed E-state index contributed by atoms with van der Waals surface area (Å²) in [6.07, 6.45) is 1.38. The summed E-state index contributed by atoms with van der Waals surface area (Å²) < 4.78 is 5.86. The Morgan fingerprint density at radius 3 is 2.67 bits per heavy atom. The number of H-pyrrole nitrogens is 1. The Morgan fingerprint density at radius 2 is 1.93 bits per heavy atom. The van der Waals surface area contributed by atoms with Crippen molar-refractivity contribution < 1.29 is 9.84 Å². The third-order valence-corrected chi connectivity index (χ3v) is 5.64. The molecule has 142 valence electrons. The molecule has 0 saturated carbocycles. The molecular weight excluding hydrogens is 336 g/mol. The van der Waals surface area contributed by atoms with Crippen LogP contribution in [-0.4, -0.2) is 29.3 Å². The highest BCUT2D eigenvalue weighted by Gasteiger charge is 2.29. The molecule has 1 aliphatic rings. The van der Waals surface area contributed by atoms with Gasteiger partial charge in [-0.15, -0.1) is 0 Å². The first-order valence-corrected chi connectivity index (χ1v) is 9.65. The third kappa shape index (κ3) is 3.73. The van der Waals surface area contributed by atoms with Crippen molar-refractivity contribution in [1.29, 1.82) is 0 Å². The summed E-state index contributed by atoms with van der Waals surface area (Å²) in [5.41, 5.74) is 4.14. The van der Waals surface area contributed by atoms with E-state index in [0.717, 1.165) is 41.7 Å². The number of hydrogen-bond donors (Lipinski definition) is 2. The second kappa shape index (κ2) is 7.02. The zero-order chi connectivity index (χ0) is 19.0. The summed E-state index contributed by atoms with van der Waals surface area (Å²) in [6, 6.07) is 18.6. The molecule has 4 rings (SSSR count). The summed E-state index contributed by atoms with van der Waals surface area (Å²) in [7, 11) is 1.90. The van der Waals surface area contributed by atoms with Crippen molar-refractivity contribution in [3.63, 3.8) is 0 Å². The molecule has 3 aromatic rings. The van der Waals surface area contributed by atoms with Gasteiger partial charge in [0, 0.05) is 30.2 Å². The molecule has 1 saturated heterocycles. The van der Waals surface area contributed by atoms with Crippen molar-refractivity contribution in [2.45, 2.75) is 44.4 Å². The molecule has 2 aromatic carbocycles. The van der Waals surface area contributed by atoms with E-state index in [0.29, 0.717) is 5.92 Å². The number of benzene rings is 2. The molecule has 2 heterocycles. The van der Waals surface area contributed by atoms with Gasteiger partial charge in [0.05, 0.1) is 11.3 Å². The van der Waals surface area contributed by atoms with Crippen LogP contribution < -0.4 is 4.90 Å². The largest absolute Gasteiger partial charge is 0.376 e. The molecule has 1 fully saturated rings. The summed E-state index contributed by atoms with van der Waals surface area (Å²) in [5, 5.41) is 12.0. The van der Waals surface area contributed by atoms with Crippen LogP contribution in [0, 0.1) is 0 Å². The fourth-order valence-corrected chi connectivity index (χ4v) is 4.10. The van der Waals surface area contributed by atoms with E-state index in [-0.39, 0.29) is 5.60 Å². The summed E-state index contributed by atoms with van der Waals surface area (Å²) in [5.74, 6) is 0.522. The van der Waals surface area contributed by atoms with E-state index in [1.165, 1.54) is 5.56 Å². The van der Waals surface area contributed by atoms with Crippen LogP contribution in [0.3, 0.4) is 0 Å². The van der Waals surface area contributed by atoms with Crippen LogP contribution >= 0.6 is 0 Å². The van der Waals surface area contributed by atoms with Crippen molar-refractivity contribution in [2.75, 3.05) is 18.6 Å². The molecule has 1 unspecified atom stereocenters. The van der Waals surface area contributed by atoms with Gasteiger partial charge in [-0.2, -0.15) is 0 Å². The summed E-state index contributed by atoms with van der Waals surface area (Å²) >= 11 is 0. The van der Waals surface area contributed by atoms with Gasteiger partial charge in [-0.3, -0.25) is 0 Å². The van der Waals surface area contributed by atoms with Gasteiger partial charge in [0.2, 0.25) is 0 Å². The Labute approximate surface area is 160 Å². The van der Waals surface area contributed by atoms with Gasteiger partial charge in [-0.1, -0.05) is 24.3 Å². The molecule has 0 radical (unpaired) electrons. The Bertz CT molecular complexity index is 917. The van der Waals surface area contributed by atoms with E-state index in [1.54, 1.807) is 0 Å². The smallest absolute Gasteiger partial charge is 0.168 e. The maximum absolute atomic E-state index is 10.8. The standard InChI is InChI=1S/C23H28N2O2/c1-23(2)15-17(11-12-27-23)16-9-10-20-18(13-16)14-21(24-20)22(26)25(3)19-7-5-4-6-8-19/h4-10,13-14,17,22,24,26H,11-12,15H2,1-3H3/t17-,22?/m0/s1. The lowest BCUT2D eigenvalue weighted by atomic mass is 9.83. The topological polar surface area (TPSA) is 48.5 Å². The second-order valence-electron chi connectivity index (χ2n) is 8.19. The van der Waals surface area contributed by atoms with Gasteiger partial charge in [0.1, 0.15) is 0 Å². The predicted molar refractivity (Wildman–Crippen MR) is 110 cm³/mol. The van der Waals surface area contributed by atoms with Crippen LogP contribution in [0.15, 0.2) is 54.6 Å². The average molecular weight is 364 g/mol. The number of aromatic amines is 1. The number of rotatable bonds is 4. The van der Waals surface area contributed by atoms with Crippen molar-refractivity contribution >= 4 is 16.6 Å². The highest BCUT2D eigenvalue weighted by atomic mass is 16.5. The minimum absolute atomic E-state index is 0.0598. The molecule has 2 N–H and O–H groups in total. The lowest BCUT2D eigenvalue weighted by Crippen LogP contribution is -2.32. The van der Waals surface area contributed by atoms with Crippen LogP contribution in [0.25, 0.3) is 10.9 Å². The summed E-state index contributed by atoms with van der Waals surface area (Å²) in [6.45, 7) is 5.15. The van der Waals surface area contributed by atoms with E-state index < -0.39 is 6.23 Å². The monoisotopic (exact) mass is 364 g/mol. The fraction of sp³-hybridized carbons (Fsp3) is 0.391. The Balaban J connectivity index is 1.59. The molecular formula is C23H28N2O2. The molecule has 1 aliphatic heterocycles. The van der Waals surface area contributed by atoms with E-state index in [2.05, 4.69) is 43.1 Å². The van der Waals surface area contributed by atoms with Crippen LogP contribution in [0.4, 0.5) is 5.69 Å². The summed E-state index contributed by atoms with van der Waals surface area (Å²) in [4.78, 5) is 5.24. The number of fused-ring (bicyclic) bond motifs is 1. The molecule has 4 heteroatoms. The minimum atomic E-state index is -0.717. The van der Waals surface area contributed by atoms with Crippen molar-refractivity contribution in [1.82, 2.24) is 4.98 Å². The molecule has 0 aliphatic carbocycles. The highest BCUT2D eigenvalue weighted by Crippen LogP contribution is 2.37. The number of ether oxygens (including phenoxy) is 1. The zero-order valence-electron chi connectivity index (χ0n) is 16.3. The lowest BCUT2D eigenvalue weighted by molar-refractivity contribution is -0.0592. The predicted octanol–water partition coefficient (Wildman–Crippen LogP) is 4.97. The van der Waals surface area contributed by atoms with E-state index >= 15 is 0 Å². The molecule has 1 aromatic heterocycles. The number of hydrogen-bond acceptors (Lipinski definition) is 3. The molecule has 27 heavy (non-hydrogen) atoms. The number of nitrogens with one attached hydrogen (secondary N) is 1. The number of anilines is 1. The second-order valence-corrected chi connectivity index (χ2v) is 8.19. The van der Waals surface area contributed by atoms with Crippen LogP contribution in [-0.2, 0) is 4.74 Å². The SMILES string of the molecule is CN(c1ccccc1)C(O)c1cc2cc([C@H]3CCOC(C)(C)C3)ccc2[nH]1. The van der Waals surface area contributed by atoms with E-state index in [4.69, 9.17) is 4.74 Å². The zero-order valence-corrected chi connectivity index (χ0v) is 16.3. The number of aliphatic hydroxyl groups is 1. The number of para-hydroxylation sites is 1. The number of aliphatic hydroxyl groups excluding tert-OH is 1. The maximum Gasteiger partial charge on any atom is 0.168 e. The first-order chi connectivity index (χ1) is 12.9. The molecule has 0 amide bonds. The molecule has 0 spiro atoms. The Hall–Kier alpha value is -2.30.